The first-order chi connectivity index (χ1) is 8.85. The highest BCUT2D eigenvalue weighted by Crippen LogP contribution is 2.35. The molecule has 1 aromatic heterocycles. The van der Waals surface area contributed by atoms with Crippen LogP contribution < -0.4 is 14.8 Å². The van der Waals surface area contributed by atoms with E-state index in [1.807, 2.05) is 24.3 Å². The third-order valence-electron chi connectivity index (χ3n) is 2.54. The van der Waals surface area contributed by atoms with Crippen LogP contribution in [0.25, 0.3) is 0 Å². The lowest BCUT2D eigenvalue weighted by Crippen LogP contribution is -1.93. The molecule has 5 nitrogen and oxygen atoms in total. The lowest BCUT2D eigenvalue weighted by Gasteiger charge is -2.07. The van der Waals surface area contributed by atoms with E-state index in [-0.39, 0.29) is 6.79 Å². The van der Waals surface area contributed by atoms with Gasteiger partial charge in [0.15, 0.2) is 11.5 Å². The molecule has 0 bridgehead atoms. The van der Waals surface area contributed by atoms with Crippen LogP contribution in [0.3, 0.4) is 0 Å². The molecule has 0 amide bonds. The predicted octanol–water partition coefficient (Wildman–Crippen LogP) is 2.43. The number of pyridine rings is 1. The molecule has 3 rings (SSSR count). The van der Waals surface area contributed by atoms with Gasteiger partial charge in [-0.3, -0.25) is 0 Å². The van der Waals surface area contributed by atoms with E-state index in [1.54, 1.807) is 18.3 Å². The third kappa shape index (κ3) is 1.92. The average molecular weight is 239 g/mol. The summed E-state index contributed by atoms with van der Waals surface area (Å²) in [7, 11) is 0. The van der Waals surface area contributed by atoms with Crippen molar-refractivity contribution in [1.29, 1.82) is 5.26 Å². The largest absolute Gasteiger partial charge is 0.454 e. The number of nitrogens with zero attached hydrogens (tertiary/aromatic N) is 2. The van der Waals surface area contributed by atoms with E-state index in [4.69, 9.17) is 14.7 Å². The fourth-order valence-electron chi connectivity index (χ4n) is 1.71. The molecule has 0 atom stereocenters. The van der Waals surface area contributed by atoms with Gasteiger partial charge in [-0.05, 0) is 24.3 Å². The second-order valence-electron chi connectivity index (χ2n) is 3.73. The molecule has 1 aliphatic heterocycles. The fraction of sp³-hybridized carbons (Fsp3) is 0.0769. The second-order valence-corrected chi connectivity index (χ2v) is 3.73. The van der Waals surface area contributed by atoms with Gasteiger partial charge in [-0.15, -0.1) is 0 Å². The lowest BCUT2D eigenvalue weighted by atomic mass is 10.2. The van der Waals surface area contributed by atoms with Gasteiger partial charge in [0.2, 0.25) is 6.79 Å². The molecule has 0 unspecified atom stereocenters. The van der Waals surface area contributed by atoms with Gasteiger partial charge in [-0.1, -0.05) is 0 Å². The molecule has 1 N–H and O–H groups in total. The van der Waals surface area contributed by atoms with E-state index in [9.17, 15) is 0 Å². The molecule has 0 aliphatic carbocycles. The second kappa shape index (κ2) is 4.26. The zero-order valence-corrected chi connectivity index (χ0v) is 9.38. The molecule has 88 valence electrons. The Morgan fingerprint density at radius 1 is 1.11 bits per heavy atom. The third-order valence-corrected chi connectivity index (χ3v) is 2.54. The van der Waals surface area contributed by atoms with Crippen molar-refractivity contribution in [3.05, 3.63) is 42.2 Å². The first kappa shape index (κ1) is 10.4. The van der Waals surface area contributed by atoms with Crippen molar-refractivity contribution in [3.63, 3.8) is 0 Å². The Morgan fingerprint density at radius 3 is 2.83 bits per heavy atom. The Bertz CT molecular complexity index is 634. The van der Waals surface area contributed by atoms with Gasteiger partial charge in [0.25, 0.3) is 0 Å². The van der Waals surface area contributed by atoms with E-state index < -0.39 is 0 Å². The van der Waals surface area contributed by atoms with Crippen molar-refractivity contribution in [2.75, 3.05) is 12.1 Å². The van der Waals surface area contributed by atoms with Crippen LogP contribution in [-0.2, 0) is 0 Å². The van der Waals surface area contributed by atoms with Crippen LogP contribution in [0, 0.1) is 11.3 Å². The summed E-state index contributed by atoms with van der Waals surface area (Å²) >= 11 is 0. The summed E-state index contributed by atoms with van der Waals surface area (Å²) in [5.41, 5.74) is 2.05. The van der Waals surface area contributed by atoms with Crippen LogP contribution in [0.2, 0.25) is 0 Å². The lowest BCUT2D eigenvalue weighted by molar-refractivity contribution is 0.174. The molecule has 1 aromatic carbocycles. The molecule has 1 aliphatic rings. The number of benzene rings is 1. The van der Waals surface area contributed by atoms with Crippen LogP contribution >= 0.6 is 0 Å². The molecular formula is C13H9N3O2. The Labute approximate surface area is 104 Å². The minimum atomic E-state index is 0.257. The monoisotopic (exact) mass is 239 g/mol. The molecule has 18 heavy (non-hydrogen) atoms. The molecule has 0 radical (unpaired) electrons. The van der Waals surface area contributed by atoms with E-state index >= 15 is 0 Å². The summed E-state index contributed by atoms with van der Waals surface area (Å²) < 4.78 is 10.5. The molecule has 0 saturated carbocycles. The topological polar surface area (TPSA) is 67.2 Å². The number of nitrogens with one attached hydrogen (secondary N) is 1. The highest BCUT2D eigenvalue weighted by Gasteiger charge is 2.13. The van der Waals surface area contributed by atoms with Crippen LogP contribution in [0.5, 0.6) is 11.5 Å². The summed E-state index contributed by atoms with van der Waals surface area (Å²) in [4.78, 5) is 3.91. The van der Waals surface area contributed by atoms with Gasteiger partial charge in [0, 0.05) is 23.6 Å². The summed E-state index contributed by atoms with van der Waals surface area (Å²) in [6, 6.07) is 11.1. The van der Waals surface area contributed by atoms with Crippen LogP contribution in [0.15, 0.2) is 36.5 Å². The highest BCUT2D eigenvalue weighted by atomic mass is 16.7. The Balaban J connectivity index is 1.86. The fourth-order valence-corrected chi connectivity index (χ4v) is 1.71. The van der Waals surface area contributed by atoms with Gasteiger partial charge in [0.1, 0.15) is 11.8 Å². The summed E-state index contributed by atoms with van der Waals surface area (Å²) in [5, 5.41) is 12.0. The molecule has 2 aromatic rings. The smallest absolute Gasteiger partial charge is 0.231 e. The first-order valence-corrected chi connectivity index (χ1v) is 5.38. The van der Waals surface area contributed by atoms with Gasteiger partial charge in [0.05, 0.1) is 0 Å². The number of hydrogen-bond donors (Lipinski definition) is 1. The summed E-state index contributed by atoms with van der Waals surface area (Å²) in [5.74, 6) is 1.46. The summed E-state index contributed by atoms with van der Waals surface area (Å²) in [6.07, 6.45) is 1.59. The van der Waals surface area contributed by atoms with E-state index in [2.05, 4.69) is 10.3 Å². The minimum absolute atomic E-state index is 0.257. The number of nitriles is 1. The SMILES string of the molecule is N#Cc1cc(Nc2ccc3c(c2)OCO3)ccn1. The maximum absolute atomic E-state index is 8.78. The van der Waals surface area contributed by atoms with E-state index in [0.717, 1.165) is 22.9 Å². The van der Waals surface area contributed by atoms with Crippen molar-refractivity contribution in [2.45, 2.75) is 0 Å². The van der Waals surface area contributed by atoms with Crippen molar-refractivity contribution < 1.29 is 9.47 Å². The molecule has 0 fully saturated rings. The number of ether oxygens (including phenoxy) is 2. The zero-order valence-electron chi connectivity index (χ0n) is 9.38. The maximum Gasteiger partial charge on any atom is 0.231 e. The van der Waals surface area contributed by atoms with Crippen LogP contribution in [-0.4, -0.2) is 11.8 Å². The number of fused-ring (bicyclic) bond motifs is 1. The standard InChI is InChI=1S/C13H9N3O2/c14-7-11-5-10(3-4-15-11)16-9-1-2-12-13(6-9)18-8-17-12/h1-6H,8H2,(H,15,16). The van der Waals surface area contributed by atoms with Crippen molar-refractivity contribution in [3.8, 4) is 17.6 Å². The molecule has 0 saturated heterocycles. The molecule has 5 heteroatoms. The Hall–Kier alpha value is -2.74. The van der Waals surface area contributed by atoms with Crippen LogP contribution in [0.4, 0.5) is 11.4 Å². The van der Waals surface area contributed by atoms with Gasteiger partial charge >= 0.3 is 0 Å². The molecule has 0 spiro atoms. The zero-order chi connectivity index (χ0) is 12.4. The Morgan fingerprint density at radius 2 is 1.94 bits per heavy atom. The predicted molar refractivity (Wildman–Crippen MR) is 64.8 cm³/mol. The highest BCUT2D eigenvalue weighted by molar-refractivity contribution is 5.64. The minimum Gasteiger partial charge on any atom is -0.454 e. The van der Waals surface area contributed by atoms with Crippen molar-refractivity contribution >= 4 is 11.4 Å². The Kier molecular flexibility index (Phi) is 2.47. The van der Waals surface area contributed by atoms with Crippen LogP contribution in [0.1, 0.15) is 5.69 Å². The van der Waals surface area contributed by atoms with E-state index in [0.29, 0.717) is 5.69 Å². The van der Waals surface area contributed by atoms with Crippen molar-refractivity contribution in [1.82, 2.24) is 4.98 Å². The quantitative estimate of drug-likeness (QED) is 0.871. The molecular weight excluding hydrogens is 230 g/mol. The summed E-state index contributed by atoms with van der Waals surface area (Å²) in [6.45, 7) is 0.257. The normalized spacial score (nSPS) is 11.9. The number of aromatic nitrogens is 1. The maximum atomic E-state index is 8.78. The van der Waals surface area contributed by atoms with Gasteiger partial charge in [-0.25, -0.2) is 4.98 Å². The van der Waals surface area contributed by atoms with Gasteiger partial charge < -0.3 is 14.8 Å². The van der Waals surface area contributed by atoms with E-state index in [1.165, 1.54) is 0 Å². The van der Waals surface area contributed by atoms with Crippen molar-refractivity contribution in [2.24, 2.45) is 0 Å². The number of rotatable bonds is 2. The number of anilines is 2. The average Bonchev–Trinajstić information content (AvgIpc) is 2.86. The van der Waals surface area contributed by atoms with Gasteiger partial charge in [-0.2, -0.15) is 5.26 Å². The molecule has 2 heterocycles. The number of hydrogen-bond acceptors (Lipinski definition) is 5. The first-order valence-electron chi connectivity index (χ1n) is 5.38.